The van der Waals surface area contributed by atoms with Crippen LogP contribution in [0.5, 0.6) is 0 Å². The van der Waals surface area contributed by atoms with Gasteiger partial charge in [-0.25, -0.2) is 4.79 Å². The molecule has 1 unspecified atom stereocenters. The van der Waals surface area contributed by atoms with Crippen molar-refractivity contribution in [3.8, 4) is 0 Å². The number of urea groups is 1. The normalized spacial score (nSPS) is 31.9. The van der Waals surface area contributed by atoms with E-state index in [1.807, 2.05) is 0 Å². The lowest BCUT2D eigenvalue weighted by Gasteiger charge is -2.31. The molecule has 1 saturated heterocycles. The van der Waals surface area contributed by atoms with Gasteiger partial charge in [-0.2, -0.15) is 0 Å². The Labute approximate surface area is 104 Å². The van der Waals surface area contributed by atoms with Crippen molar-refractivity contribution in [1.82, 2.24) is 16.0 Å². The van der Waals surface area contributed by atoms with Gasteiger partial charge in [0.15, 0.2) is 0 Å². The van der Waals surface area contributed by atoms with Crippen LogP contribution < -0.4 is 16.0 Å². The van der Waals surface area contributed by atoms with E-state index >= 15 is 0 Å². The molecule has 2 rings (SSSR count). The van der Waals surface area contributed by atoms with Crippen LogP contribution in [0.2, 0.25) is 0 Å². The molecule has 0 bridgehead atoms. The van der Waals surface area contributed by atoms with Crippen molar-refractivity contribution >= 4 is 6.03 Å². The van der Waals surface area contributed by atoms with Crippen molar-refractivity contribution in [2.75, 3.05) is 19.6 Å². The minimum atomic E-state index is 0.0212. The Morgan fingerprint density at radius 1 is 1.29 bits per heavy atom. The summed E-state index contributed by atoms with van der Waals surface area (Å²) in [6.07, 6.45) is 5.74. The number of fused-ring (bicyclic) bond motifs is 1. The lowest BCUT2D eigenvalue weighted by Crippen LogP contribution is -2.45. The third-order valence-electron chi connectivity index (χ3n) is 4.10. The fourth-order valence-corrected chi connectivity index (χ4v) is 3.05. The quantitative estimate of drug-likeness (QED) is 0.651. The maximum absolute atomic E-state index is 11.6. The van der Waals surface area contributed by atoms with E-state index < -0.39 is 0 Å². The maximum Gasteiger partial charge on any atom is 0.315 e. The van der Waals surface area contributed by atoms with Crippen LogP contribution in [0.4, 0.5) is 4.79 Å². The van der Waals surface area contributed by atoms with Crippen molar-refractivity contribution in [2.45, 2.75) is 45.1 Å². The number of carbonyl (C=O) groups excluding carboxylic acids is 1. The predicted octanol–water partition coefficient (Wildman–Crippen LogP) is 1.47. The number of amides is 2. The zero-order valence-corrected chi connectivity index (χ0v) is 10.8. The lowest BCUT2D eigenvalue weighted by atomic mass is 9.79. The SMILES string of the molecule is CCCCNC(=O)NC1CC[C@H]2CNC[C@H]2C1. The standard InChI is InChI=1S/C13H25N3O/c1-2-3-6-15-13(17)16-12-5-4-10-8-14-9-11(10)7-12/h10-12,14H,2-9H2,1H3,(H2,15,16,17)/t10-,11+,12?/m0/s1. The summed E-state index contributed by atoms with van der Waals surface area (Å²) in [4.78, 5) is 11.6. The van der Waals surface area contributed by atoms with Gasteiger partial charge in [-0.1, -0.05) is 13.3 Å². The van der Waals surface area contributed by atoms with E-state index in [1.54, 1.807) is 0 Å². The molecule has 0 spiro atoms. The van der Waals surface area contributed by atoms with Gasteiger partial charge in [0.2, 0.25) is 0 Å². The molecule has 1 saturated carbocycles. The average Bonchev–Trinajstić information content (AvgIpc) is 2.76. The summed E-state index contributed by atoms with van der Waals surface area (Å²) in [6.45, 7) is 5.25. The maximum atomic E-state index is 11.6. The Bertz CT molecular complexity index is 257. The third kappa shape index (κ3) is 3.60. The molecule has 1 aliphatic carbocycles. The fraction of sp³-hybridized carbons (Fsp3) is 0.923. The zero-order chi connectivity index (χ0) is 12.1. The van der Waals surface area contributed by atoms with Crippen molar-refractivity contribution < 1.29 is 4.79 Å². The first-order valence-corrected chi connectivity index (χ1v) is 7.04. The molecule has 0 radical (unpaired) electrons. The molecule has 0 aromatic carbocycles. The first kappa shape index (κ1) is 12.7. The number of hydrogen-bond donors (Lipinski definition) is 3. The Morgan fingerprint density at radius 3 is 2.94 bits per heavy atom. The summed E-state index contributed by atoms with van der Waals surface area (Å²) >= 11 is 0. The van der Waals surface area contributed by atoms with Gasteiger partial charge < -0.3 is 16.0 Å². The van der Waals surface area contributed by atoms with Gasteiger partial charge in [0.05, 0.1) is 0 Å². The molecular weight excluding hydrogens is 214 g/mol. The minimum absolute atomic E-state index is 0.0212. The summed E-state index contributed by atoms with van der Waals surface area (Å²) in [7, 11) is 0. The molecule has 3 N–H and O–H groups in total. The van der Waals surface area contributed by atoms with E-state index in [2.05, 4.69) is 22.9 Å². The van der Waals surface area contributed by atoms with Crippen LogP contribution in [-0.2, 0) is 0 Å². The highest BCUT2D eigenvalue weighted by molar-refractivity contribution is 5.74. The topological polar surface area (TPSA) is 53.2 Å². The van der Waals surface area contributed by atoms with E-state index in [1.165, 1.54) is 13.0 Å². The smallest absolute Gasteiger partial charge is 0.315 e. The second kappa shape index (κ2) is 6.24. The van der Waals surface area contributed by atoms with Gasteiger partial charge in [-0.15, -0.1) is 0 Å². The van der Waals surface area contributed by atoms with E-state index in [-0.39, 0.29) is 6.03 Å². The highest BCUT2D eigenvalue weighted by Gasteiger charge is 2.34. The number of rotatable bonds is 4. The van der Waals surface area contributed by atoms with Crippen LogP contribution in [-0.4, -0.2) is 31.7 Å². The number of unbranched alkanes of at least 4 members (excludes halogenated alkanes) is 1. The summed E-state index contributed by atoms with van der Waals surface area (Å²) in [5.74, 6) is 1.64. The molecule has 98 valence electrons. The van der Waals surface area contributed by atoms with Gasteiger partial charge in [0, 0.05) is 12.6 Å². The van der Waals surface area contributed by atoms with Gasteiger partial charge in [0.25, 0.3) is 0 Å². The molecule has 2 fully saturated rings. The Kier molecular flexibility index (Phi) is 4.66. The highest BCUT2D eigenvalue weighted by Crippen LogP contribution is 2.32. The van der Waals surface area contributed by atoms with E-state index in [9.17, 15) is 4.79 Å². The van der Waals surface area contributed by atoms with Crippen LogP contribution in [0.1, 0.15) is 39.0 Å². The summed E-state index contributed by atoms with van der Waals surface area (Å²) in [6, 6.07) is 0.408. The van der Waals surface area contributed by atoms with Crippen LogP contribution >= 0.6 is 0 Å². The molecule has 2 amide bonds. The molecule has 1 heterocycles. The lowest BCUT2D eigenvalue weighted by molar-refractivity contribution is 0.215. The fourth-order valence-electron chi connectivity index (χ4n) is 3.05. The van der Waals surface area contributed by atoms with Crippen molar-refractivity contribution in [3.05, 3.63) is 0 Å². The second-order valence-electron chi connectivity index (χ2n) is 5.44. The third-order valence-corrected chi connectivity index (χ3v) is 4.10. The van der Waals surface area contributed by atoms with Crippen LogP contribution in [0.3, 0.4) is 0 Å². The van der Waals surface area contributed by atoms with Crippen LogP contribution in [0.25, 0.3) is 0 Å². The Balaban J connectivity index is 1.67. The Morgan fingerprint density at radius 2 is 2.12 bits per heavy atom. The monoisotopic (exact) mass is 239 g/mol. The molecule has 2 aliphatic rings. The molecular formula is C13H25N3O. The summed E-state index contributed by atoms with van der Waals surface area (Å²) < 4.78 is 0. The molecule has 0 aromatic rings. The number of carbonyl (C=O) groups is 1. The number of hydrogen-bond acceptors (Lipinski definition) is 2. The van der Waals surface area contributed by atoms with Crippen LogP contribution in [0.15, 0.2) is 0 Å². The molecule has 1 aliphatic heterocycles. The summed E-state index contributed by atoms with van der Waals surface area (Å²) in [5.41, 5.74) is 0. The van der Waals surface area contributed by atoms with Gasteiger partial charge in [0.1, 0.15) is 0 Å². The molecule has 3 atom stereocenters. The summed E-state index contributed by atoms with van der Waals surface area (Å²) in [5, 5.41) is 9.49. The number of nitrogens with one attached hydrogen (secondary N) is 3. The van der Waals surface area contributed by atoms with Gasteiger partial charge >= 0.3 is 6.03 Å². The van der Waals surface area contributed by atoms with Gasteiger partial charge in [-0.05, 0) is 50.6 Å². The first-order chi connectivity index (χ1) is 8.29. The Hall–Kier alpha value is -0.770. The largest absolute Gasteiger partial charge is 0.338 e. The molecule has 17 heavy (non-hydrogen) atoms. The van der Waals surface area contributed by atoms with E-state index in [0.29, 0.717) is 6.04 Å². The molecule has 4 heteroatoms. The van der Waals surface area contributed by atoms with Crippen molar-refractivity contribution in [2.24, 2.45) is 11.8 Å². The minimum Gasteiger partial charge on any atom is -0.338 e. The second-order valence-corrected chi connectivity index (χ2v) is 5.44. The zero-order valence-electron chi connectivity index (χ0n) is 10.8. The molecule has 4 nitrogen and oxygen atoms in total. The van der Waals surface area contributed by atoms with Crippen molar-refractivity contribution in [3.63, 3.8) is 0 Å². The van der Waals surface area contributed by atoms with Crippen molar-refractivity contribution in [1.29, 1.82) is 0 Å². The van der Waals surface area contributed by atoms with Gasteiger partial charge in [-0.3, -0.25) is 0 Å². The first-order valence-electron chi connectivity index (χ1n) is 7.04. The molecule has 0 aromatic heterocycles. The average molecular weight is 239 g/mol. The van der Waals surface area contributed by atoms with Crippen LogP contribution in [0, 0.1) is 11.8 Å². The predicted molar refractivity (Wildman–Crippen MR) is 68.9 cm³/mol. The van der Waals surface area contributed by atoms with E-state index in [4.69, 9.17) is 0 Å². The van der Waals surface area contributed by atoms with E-state index in [0.717, 1.165) is 50.6 Å². The highest BCUT2D eigenvalue weighted by atomic mass is 16.2.